The zero-order valence-corrected chi connectivity index (χ0v) is 11.8. The van der Waals surface area contributed by atoms with Crippen LogP contribution in [0.4, 0.5) is 0 Å². The first-order valence-electron chi connectivity index (χ1n) is 6.84. The molecule has 2 heterocycles. The molecule has 2 rings (SSSR count). The molecule has 0 aromatic rings. The summed E-state index contributed by atoms with van der Waals surface area (Å²) in [5, 5.41) is 0. The Bertz CT molecular complexity index is 225. The highest BCUT2D eigenvalue weighted by Gasteiger charge is 2.35. The van der Waals surface area contributed by atoms with E-state index < -0.39 is 0 Å². The molecule has 1 atom stereocenters. The SMILES string of the molecule is CN(CC1CCCOC1)C1(CN)CCSCC1. The summed E-state index contributed by atoms with van der Waals surface area (Å²) in [6.07, 6.45) is 5.04. The monoisotopic (exact) mass is 258 g/mol. The van der Waals surface area contributed by atoms with Crippen molar-refractivity contribution in [3.63, 3.8) is 0 Å². The van der Waals surface area contributed by atoms with E-state index in [1.807, 2.05) is 0 Å². The second-order valence-electron chi connectivity index (χ2n) is 5.50. The molecule has 17 heavy (non-hydrogen) atoms. The Kier molecular flexibility index (Phi) is 5.15. The highest BCUT2D eigenvalue weighted by Crippen LogP contribution is 2.32. The number of likely N-dealkylation sites (N-methyl/N-ethyl adjacent to an activating group) is 1. The van der Waals surface area contributed by atoms with Crippen molar-refractivity contribution in [2.45, 2.75) is 31.2 Å². The van der Waals surface area contributed by atoms with Gasteiger partial charge in [-0.1, -0.05) is 0 Å². The van der Waals surface area contributed by atoms with Crippen molar-refractivity contribution in [1.29, 1.82) is 0 Å². The largest absolute Gasteiger partial charge is 0.381 e. The molecule has 3 nitrogen and oxygen atoms in total. The van der Waals surface area contributed by atoms with Crippen LogP contribution in [0.2, 0.25) is 0 Å². The number of nitrogens with zero attached hydrogens (tertiary/aromatic N) is 1. The summed E-state index contributed by atoms with van der Waals surface area (Å²) >= 11 is 2.07. The molecule has 0 aromatic carbocycles. The lowest BCUT2D eigenvalue weighted by Crippen LogP contribution is -2.55. The lowest BCUT2D eigenvalue weighted by atomic mass is 9.89. The minimum atomic E-state index is 0.267. The second kappa shape index (κ2) is 6.41. The Hall–Kier alpha value is 0.230. The Morgan fingerprint density at radius 2 is 2.18 bits per heavy atom. The fraction of sp³-hybridized carbons (Fsp3) is 1.00. The summed E-state index contributed by atoms with van der Waals surface area (Å²) in [4.78, 5) is 2.53. The van der Waals surface area contributed by atoms with E-state index in [1.165, 1.54) is 37.2 Å². The Morgan fingerprint density at radius 3 is 2.76 bits per heavy atom. The first kappa shape index (κ1) is 13.7. The average Bonchev–Trinajstić information content (AvgIpc) is 2.40. The van der Waals surface area contributed by atoms with Crippen molar-refractivity contribution >= 4 is 11.8 Å². The molecule has 4 heteroatoms. The van der Waals surface area contributed by atoms with Gasteiger partial charge < -0.3 is 10.5 Å². The lowest BCUT2D eigenvalue weighted by Gasteiger charge is -2.45. The summed E-state index contributed by atoms with van der Waals surface area (Å²) in [7, 11) is 2.26. The summed E-state index contributed by atoms with van der Waals surface area (Å²) in [6, 6.07) is 0. The van der Waals surface area contributed by atoms with Gasteiger partial charge in [0.25, 0.3) is 0 Å². The number of nitrogens with two attached hydrogens (primary N) is 1. The van der Waals surface area contributed by atoms with Gasteiger partial charge in [0.15, 0.2) is 0 Å². The first-order chi connectivity index (χ1) is 8.27. The van der Waals surface area contributed by atoms with Gasteiger partial charge in [0.2, 0.25) is 0 Å². The Labute approximate surface area is 109 Å². The van der Waals surface area contributed by atoms with Crippen molar-refractivity contribution in [3.8, 4) is 0 Å². The van der Waals surface area contributed by atoms with Gasteiger partial charge in [0.1, 0.15) is 0 Å². The molecule has 0 radical (unpaired) electrons. The van der Waals surface area contributed by atoms with Crippen molar-refractivity contribution in [3.05, 3.63) is 0 Å². The Morgan fingerprint density at radius 1 is 1.41 bits per heavy atom. The Balaban J connectivity index is 1.89. The molecule has 2 aliphatic heterocycles. The molecule has 100 valence electrons. The maximum atomic E-state index is 6.06. The molecular weight excluding hydrogens is 232 g/mol. The maximum Gasteiger partial charge on any atom is 0.0506 e. The van der Waals surface area contributed by atoms with Crippen molar-refractivity contribution in [2.24, 2.45) is 11.7 Å². The van der Waals surface area contributed by atoms with Gasteiger partial charge in [-0.15, -0.1) is 0 Å². The molecule has 2 aliphatic rings. The molecule has 0 saturated carbocycles. The third-order valence-electron chi connectivity index (χ3n) is 4.40. The molecule has 2 N–H and O–H groups in total. The molecule has 0 spiro atoms. The van der Waals surface area contributed by atoms with Crippen LogP contribution < -0.4 is 5.73 Å². The highest BCUT2D eigenvalue weighted by molar-refractivity contribution is 7.99. The van der Waals surface area contributed by atoms with Gasteiger partial charge in [-0.2, -0.15) is 11.8 Å². The van der Waals surface area contributed by atoms with Crippen LogP contribution in [0.15, 0.2) is 0 Å². The lowest BCUT2D eigenvalue weighted by molar-refractivity contribution is 0.0182. The third kappa shape index (κ3) is 3.37. The van der Waals surface area contributed by atoms with Gasteiger partial charge in [-0.3, -0.25) is 4.90 Å². The molecular formula is C13H26N2OS. The first-order valence-corrected chi connectivity index (χ1v) is 7.99. The average molecular weight is 258 g/mol. The highest BCUT2D eigenvalue weighted by atomic mass is 32.2. The van der Waals surface area contributed by atoms with Crippen LogP contribution >= 0.6 is 11.8 Å². The van der Waals surface area contributed by atoms with Gasteiger partial charge in [-0.05, 0) is 50.2 Å². The smallest absolute Gasteiger partial charge is 0.0506 e. The third-order valence-corrected chi connectivity index (χ3v) is 5.39. The zero-order chi connectivity index (χ0) is 12.1. The predicted molar refractivity (Wildman–Crippen MR) is 74.5 cm³/mol. The van der Waals surface area contributed by atoms with E-state index in [-0.39, 0.29) is 5.54 Å². The van der Waals surface area contributed by atoms with Crippen LogP contribution in [-0.4, -0.2) is 55.3 Å². The number of thioether (sulfide) groups is 1. The molecule has 0 aromatic heterocycles. The fourth-order valence-corrected chi connectivity index (χ4v) is 4.28. The van der Waals surface area contributed by atoms with E-state index in [0.717, 1.165) is 26.3 Å². The minimum Gasteiger partial charge on any atom is -0.381 e. The van der Waals surface area contributed by atoms with Gasteiger partial charge in [-0.25, -0.2) is 0 Å². The molecule has 0 amide bonds. The molecule has 1 unspecified atom stereocenters. The van der Waals surface area contributed by atoms with Crippen molar-refractivity contribution in [2.75, 3.05) is 44.9 Å². The zero-order valence-electron chi connectivity index (χ0n) is 11.0. The molecule has 2 saturated heterocycles. The molecule has 0 bridgehead atoms. The van der Waals surface area contributed by atoms with E-state index in [4.69, 9.17) is 10.5 Å². The van der Waals surface area contributed by atoms with Crippen molar-refractivity contribution < 1.29 is 4.74 Å². The second-order valence-corrected chi connectivity index (χ2v) is 6.73. The van der Waals surface area contributed by atoms with E-state index >= 15 is 0 Å². The van der Waals surface area contributed by atoms with Crippen LogP contribution in [0.25, 0.3) is 0 Å². The predicted octanol–water partition coefficient (Wildman–Crippen LogP) is 1.57. The maximum absolute atomic E-state index is 6.06. The fourth-order valence-electron chi connectivity index (χ4n) is 3.03. The molecule has 0 aliphatic carbocycles. The van der Waals surface area contributed by atoms with Gasteiger partial charge in [0, 0.05) is 25.2 Å². The molecule has 2 fully saturated rings. The van der Waals surface area contributed by atoms with E-state index in [9.17, 15) is 0 Å². The van der Waals surface area contributed by atoms with E-state index in [0.29, 0.717) is 5.92 Å². The van der Waals surface area contributed by atoms with Gasteiger partial charge >= 0.3 is 0 Å². The summed E-state index contributed by atoms with van der Waals surface area (Å²) in [5.41, 5.74) is 6.33. The van der Waals surface area contributed by atoms with E-state index in [1.54, 1.807) is 0 Å². The topological polar surface area (TPSA) is 38.5 Å². The van der Waals surface area contributed by atoms with Crippen LogP contribution in [-0.2, 0) is 4.74 Å². The van der Waals surface area contributed by atoms with Crippen LogP contribution in [0, 0.1) is 5.92 Å². The van der Waals surface area contributed by atoms with Crippen molar-refractivity contribution in [1.82, 2.24) is 4.90 Å². The summed E-state index contributed by atoms with van der Waals surface area (Å²) < 4.78 is 5.57. The number of ether oxygens (including phenoxy) is 1. The normalized spacial score (nSPS) is 29.5. The van der Waals surface area contributed by atoms with Crippen LogP contribution in [0.1, 0.15) is 25.7 Å². The minimum absolute atomic E-state index is 0.267. The number of hydrogen-bond acceptors (Lipinski definition) is 4. The number of rotatable bonds is 4. The van der Waals surface area contributed by atoms with E-state index in [2.05, 4.69) is 23.7 Å². The van der Waals surface area contributed by atoms with Crippen LogP contribution in [0.5, 0.6) is 0 Å². The van der Waals surface area contributed by atoms with Gasteiger partial charge in [0.05, 0.1) is 6.61 Å². The summed E-state index contributed by atoms with van der Waals surface area (Å²) in [5.74, 6) is 3.25. The van der Waals surface area contributed by atoms with Crippen LogP contribution in [0.3, 0.4) is 0 Å². The standard InChI is InChI=1S/C13H26N2OS/c1-15(9-12-3-2-6-16-10-12)13(11-14)4-7-17-8-5-13/h12H,2-11,14H2,1H3. The summed E-state index contributed by atoms with van der Waals surface area (Å²) in [6.45, 7) is 3.86. The number of hydrogen-bond donors (Lipinski definition) is 1. The quantitative estimate of drug-likeness (QED) is 0.831.